The topological polar surface area (TPSA) is 49.3 Å². The lowest BCUT2D eigenvalue weighted by Crippen LogP contribution is -2.29. The Morgan fingerprint density at radius 1 is 1.17 bits per heavy atom. The lowest BCUT2D eigenvalue weighted by Gasteiger charge is -2.19. The van der Waals surface area contributed by atoms with Gasteiger partial charge in [0, 0.05) is 39.1 Å². The third kappa shape index (κ3) is 3.86. The Hall–Kier alpha value is -2.43. The van der Waals surface area contributed by atoms with E-state index in [0.717, 1.165) is 25.2 Å². The van der Waals surface area contributed by atoms with Crippen molar-refractivity contribution in [2.24, 2.45) is 0 Å². The minimum Gasteiger partial charge on any atom is -0.370 e. The van der Waals surface area contributed by atoms with Crippen molar-refractivity contribution in [1.82, 2.24) is 14.9 Å². The van der Waals surface area contributed by atoms with E-state index < -0.39 is 0 Å². The Kier molecular flexibility index (Phi) is 4.86. The van der Waals surface area contributed by atoms with Crippen LogP contribution in [0.1, 0.15) is 28.9 Å². The molecule has 0 saturated carbocycles. The van der Waals surface area contributed by atoms with Crippen molar-refractivity contribution in [3.8, 4) is 0 Å². The van der Waals surface area contributed by atoms with Gasteiger partial charge < -0.3 is 9.80 Å². The summed E-state index contributed by atoms with van der Waals surface area (Å²) in [6.07, 6.45) is 8.65. The van der Waals surface area contributed by atoms with Crippen molar-refractivity contribution < 1.29 is 4.79 Å². The largest absolute Gasteiger partial charge is 0.370 e. The van der Waals surface area contributed by atoms with Gasteiger partial charge in [0.1, 0.15) is 5.69 Å². The lowest BCUT2D eigenvalue weighted by molar-refractivity contribution is 0.0791. The molecule has 0 unspecified atom stereocenters. The average Bonchev–Trinajstić information content (AvgIpc) is 3.15. The summed E-state index contributed by atoms with van der Waals surface area (Å²) < 4.78 is 0. The molecule has 0 radical (unpaired) electrons. The normalized spacial score (nSPS) is 14.0. The van der Waals surface area contributed by atoms with Crippen LogP contribution >= 0.6 is 0 Å². The number of anilines is 1. The summed E-state index contributed by atoms with van der Waals surface area (Å²) in [7, 11) is 1.82. The third-order valence-corrected chi connectivity index (χ3v) is 4.27. The molecule has 2 aromatic heterocycles. The molecule has 1 saturated heterocycles. The predicted molar refractivity (Wildman–Crippen MR) is 90.6 cm³/mol. The molecule has 0 atom stereocenters. The number of nitrogens with zero attached hydrogens (tertiary/aromatic N) is 4. The zero-order valence-corrected chi connectivity index (χ0v) is 13.5. The minimum absolute atomic E-state index is 0.0352. The molecule has 0 N–H and O–H groups in total. The van der Waals surface area contributed by atoms with Gasteiger partial charge in [0.25, 0.3) is 5.91 Å². The van der Waals surface area contributed by atoms with Crippen molar-refractivity contribution in [2.75, 3.05) is 31.6 Å². The molecular formula is C18H22N4O. The second kappa shape index (κ2) is 7.22. The van der Waals surface area contributed by atoms with Crippen LogP contribution < -0.4 is 4.90 Å². The zero-order valence-electron chi connectivity index (χ0n) is 13.5. The van der Waals surface area contributed by atoms with E-state index in [2.05, 4.69) is 14.9 Å². The summed E-state index contributed by atoms with van der Waals surface area (Å²) in [5.41, 5.74) is 2.79. The van der Waals surface area contributed by atoms with Gasteiger partial charge >= 0.3 is 0 Å². The van der Waals surface area contributed by atoms with Crippen LogP contribution in [0.5, 0.6) is 0 Å². The number of hydrogen-bond donors (Lipinski definition) is 0. The van der Waals surface area contributed by atoms with E-state index in [-0.39, 0.29) is 5.91 Å². The van der Waals surface area contributed by atoms with Crippen LogP contribution in [0.4, 0.5) is 5.69 Å². The van der Waals surface area contributed by atoms with Crippen LogP contribution in [-0.4, -0.2) is 47.5 Å². The lowest BCUT2D eigenvalue weighted by atomic mass is 10.2. The molecule has 1 amide bonds. The highest BCUT2D eigenvalue weighted by molar-refractivity contribution is 5.92. The molecule has 1 aliphatic rings. The number of hydrogen-bond acceptors (Lipinski definition) is 4. The van der Waals surface area contributed by atoms with Gasteiger partial charge in [-0.25, -0.2) is 4.98 Å². The number of amides is 1. The molecule has 2 aromatic rings. The standard InChI is InChI=1S/C18H22N4O/c1-21(13-8-15-6-9-19-10-7-15)18(23)17-5-4-16(14-20-17)22-11-2-3-12-22/h4-7,9-10,14H,2-3,8,11-13H2,1H3. The van der Waals surface area contributed by atoms with E-state index in [1.807, 2.05) is 37.5 Å². The summed E-state index contributed by atoms with van der Waals surface area (Å²) in [5, 5.41) is 0. The van der Waals surface area contributed by atoms with E-state index in [0.29, 0.717) is 12.2 Å². The van der Waals surface area contributed by atoms with Crippen molar-refractivity contribution in [3.63, 3.8) is 0 Å². The maximum Gasteiger partial charge on any atom is 0.272 e. The first-order valence-corrected chi connectivity index (χ1v) is 8.09. The average molecular weight is 310 g/mol. The molecule has 5 heteroatoms. The number of aromatic nitrogens is 2. The van der Waals surface area contributed by atoms with Crippen LogP contribution in [0.25, 0.3) is 0 Å². The smallest absolute Gasteiger partial charge is 0.272 e. The molecule has 3 heterocycles. The monoisotopic (exact) mass is 310 g/mol. The Morgan fingerprint density at radius 3 is 2.57 bits per heavy atom. The first kappa shape index (κ1) is 15.5. The van der Waals surface area contributed by atoms with Gasteiger partial charge in [0.15, 0.2) is 0 Å². The highest BCUT2D eigenvalue weighted by Crippen LogP contribution is 2.19. The van der Waals surface area contributed by atoms with Crippen molar-refractivity contribution in [2.45, 2.75) is 19.3 Å². The second-order valence-corrected chi connectivity index (χ2v) is 5.93. The maximum absolute atomic E-state index is 12.4. The maximum atomic E-state index is 12.4. The van der Waals surface area contributed by atoms with E-state index in [1.165, 1.54) is 18.4 Å². The summed E-state index contributed by atoms with van der Waals surface area (Å²) in [6, 6.07) is 7.78. The van der Waals surface area contributed by atoms with Crippen molar-refractivity contribution in [1.29, 1.82) is 0 Å². The van der Waals surface area contributed by atoms with Gasteiger partial charge in [-0.1, -0.05) is 0 Å². The number of carbonyl (C=O) groups excluding carboxylic acids is 1. The summed E-state index contributed by atoms with van der Waals surface area (Å²) >= 11 is 0. The summed E-state index contributed by atoms with van der Waals surface area (Å²) in [5.74, 6) is -0.0352. The summed E-state index contributed by atoms with van der Waals surface area (Å²) in [6.45, 7) is 2.83. The van der Waals surface area contributed by atoms with Gasteiger partial charge in [-0.15, -0.1) is 0 Å². The first-order chi connectivity index (χ1) is 11.2. The molecule has 120 valence electrons. The molecule has 0 spiro atoms. The molecule has 0 aromatic carbocycles. The number of carbonyl (C=O) groups is 1. The number of rotatable bonds is 5. The van der Waals surface area contributed by atoms with Crippen LogP contribution in [0, 0.1) is 0 Å². The van der Waals surface area contributed by atoms with Gasteiger partial charge in [0.05, 0.1) is 11.9 Å². The van der Waals surface area contributed by atoms with Crippen molar-refractivity contribution >= 4 is 11.6 Å². The minimum atomic E-state index is -0.0352. The fourth-order valence-electron chi connectivity index (χ4n) is 2.82. The Labute approximate surface area is 137 Å². The van der Waals surface area contributed by atoms with E-state index in [4.69, 9.17) is 0 Å². The Balaban J connectivity index is 1.58. The predicted octanol–water partition coefficient (Wildman–Crippen LogP) is 2.39. The van der Waals surface area contributed by atoms with E-state index in [1.54, 1.807) is 17.3 Å². The number of pyridine rings is 2. The fourth-order valence-corrected chi connectivity index (χ4v) is 2.82. The first-order valence-electron chi connectivity index (χ1n) is 8.09. The zero-order chi connectivity index (χ0) is 16.1. The molecule has 5 nitrogen and oxygen atoms in total. The second-order valence-electron chi connectivity index (χ2n) is 5.93. The van der Waals surface area contributed by atoms with Gasteiger partial charge in [-0.3, -0.25) is 9.78 Å². The summed E-state index contributed by atoms with van der Waals surface area (Å²) in [4.78, 5) is 24.8. The van der Waals surface area contributed by atoms with E-state index in [9.17, 15) is 4.79 Å². The number of likely N-dealkylation sites (N-methyl/N-ethyl adjacent to an activating group) is 1. The van der Waals surface area contributed by atoms with Gasteiger partial charge in [-0.2, -0.15) is 0 Å². The molecule has 1 aliphatic heterocycles. The van der Waals surface area contributed by atoms with Crippen LogP contribution in [0.2, 0.25) is 0 Å². The van der Waals surface area contributed by atoms with Crippen LogP contribution in [0.3, 0.4) is 0 Å². The van der Waals surface area contributed by atoms with Crippen LogP contribution in [0.15, 0.2) is 42.9 Å². The Bertz CT molecular complexity index is 636. The molecular weight excluding hydrogens is 288 g/mol. The Morgan fingerprint density at radius 2 is 1.91 bits per heavy atom. The highest BCUT2D eigenvalue weighted by Gasteiger charge is 2.16. The highest BCUT2D eigenvalue weighted by atomic mass is 16.2. The van der Waals surface area contributed by atoms with Crippen LogP contribution in [-0.2, 0) is 6.42 Å². The third-order valence-electron chi connectivity index (χ3n) is 4.27. The molecule has 0 bridgehead atoms. The molecule has 0 aliphatic carbocycles. The van der Waals surface area contributed by atoms with E-state index >= 15 is 0 Å². The van der Waals surface area contributed by atoms with Crippen molar-refractivity contribution in [3.05, 3.63) is 54.1 Å². The quantitative estimate of drug-likeness (QED) is 0.851. The van der Waals surface area contributed by atoms with Gasteiger partial charge in [0.2, 0.25) is 0 Å². The SMILES string of the molecule is CN(CCc1ccncc1)C(=O)c1ccc(N2CCCC2)cn1. The fraction of sp³-hybridized carbons (Fsp3) is 0.389. The molecule has 3 rings (SSSR count). The molecule has 23 heavy (non-hydrogen) atoms. The molecule has 1 fully saturated rings. The van der Waals surface area contributed by atoms with Gasteiger partial charge in [-0.05, 0) is 49.1 Å².